The van der Waals surface area contributed by atoms with Crippen LogP contribution < -0.4 is 5.32 Å². The Hall–Kier alpha value is -5.75. The second kappa shape index (κ2) is 13.6. The number of nitrogens with zero attached hydrogens (tertiary/aromatic N) is 7. The van der Waals surface area contributed by atoms with Crippen LogP contribution in [0.2, 0.25) is 0 Å². The van der Waals surface area contributed by atoms with E-state index in [-0.39, 0.29) is 30.7 Å². The highest BCUT2D eigenvalue weighted by Crippen LogP contribution is 2.33. The number of hydrogen-bond acceptors (Lipinski definition) is 7. The van der Waals surface area contributed by atoms with E-state index in [0.29, 0.717) is 49.7 Å². The molecule has 2 aliphatic rings. The average Bonchev–Trinajstić information content (AvgIpc) is 3.73. The summed E-state index contributed by atoms with van der Waals surface area (Å²) in [5, 5.41) is 8.45. The highest BCUT2D eigenvalue weighted by Gasteiger charge is 2.48. The third kappa shape index (κ3) is 6.37. The number of fused-ring (bicyclic) bond motifs is 1. The van der Waals surface area contributed by atoms with Gasteiger partial charge in [-0.15, -0.1) is 0 Å². The zero-order valence-electron chi connectivity index (χ0n) is 27.9. The summed E-state index contributed by atoms with van der Waals surface area (Å²) < 4.78 is 15.3. The number of likely N-dealkylation sites (N-methyl/N-ethyl adjacent to an activating group) is 1. The molecule has 12 heteroatoms. The molecule has 2 aromatic heterocycles. The average molecular weight is 673 g/mol. The highest BCUT2D eigenvalue weighted by atomic mass is 19.1. The predicted molar refractivity (Wildman–Crippen MR) is 189 cm³/mol. The molecule has 0 bridgehead atoms. The van der Waals surface area contributed by atoms with Crippen molar-refractivity contribution in [1.82, 2.24) is 34.4 Å². The Labute approximate surface area is 289 Å². The van der Waals surface area contributed by atoms with Gasteiger partial charge in [0.2, 0.25) is 12.3 Å². The Morgan fingerprint density at radius 1 is 0.980 bits per heavy atom. The lowest BCUT2D eigenvalue weighted by Gasteiger charge is -2.35. The van der Waals surface area contributed by atoms with Crippen LogP contribution in [0.25, 0.3) is 39.1 Å². The lowest BCUT2D eigenvalue weighted by Crippen LogP contribution is -2.57. The molecule has 3 aromatic carbocycles. The number of hydrogen-bond donors (Lipinski definition) is 1. The molecule has 1 saturated heterocycles. The molecule has 2 aliphatic heterocycles. The van der Waals surface area contributed by atoms with Crippen LogP contribution in [0.3, 0.4) is 0 Å². The number of anilines is 1. The quantitative estimate of drug-likeness (QED) is 0.227. The van der Waals surface area contributed by atoms with Gasteiger partial charge in [-0.05, 0) is 72.5 Å². The molecule has 0 aliphatic carbocycles. The van der Waals surface area contributed by atoms with Gasteiger partial charge in [0.15, 0.2) is 5.82 Å². The fourth-order valence-corrected chi connectivity index (χ4v) is 6.88. The van der Waals surface area contributed by atoms with E-state index in [1.807, 2.05) is 41.1 Å². The number of carbonyl (C=O) groups excluding carboxylic acids is 3. The van der Waals surface area contributed by atoms with E-state index in [1.165, 1.54) is 22.6 Å². The molecule has 5 aromatic rings. The van der Waals surface area contributed by atoms with Crippen LogP contribution >= 0.6 is 0 Å². The van der Waals surface area contributed by atoms with Crippen molar-refractivity contribution in [3.05, 3.63) is 103 Å². The maximum atomic E-state index is 14.0. The third-order valence-corrected chi connectivity index (χ3v) is 9.81. The summed E-state index contributed by atoms with van der Waals surface area (Å²) in [6.07, 6.45) is 7.32. The number of likely N-dealkylation sites (tertiary alicyclic amines) is 1. The van der Waals surface area contributed by atoms with Gasteiger partial charge in [0.1, 0.15) is 17.1 Å². The minimum absolute atomic E-state index is 0.0165. The highest BCUT2D eigenvalue weighted by molar-refractivity contribution is 6.03. The van der Waals surface area contributed by atoms with Crippen LogP contribution in [-0.4, -0.2) is 98.0 Å². The topological polar surface area (TPSA) is 117 Å². The van der Waals surface area contributed by atoms with Crippen molar-refractivity contribution >= 4 is 40.4 Å². The van der Waals surface area contributed by atoms with Gasteiger partial charge >= 0.3 is 0 Å². The molecule has 0 saturated carbocycles. The molecule has 3 amide bonds. The van der Waals surface area contributed by atoms with Crippen LogP contribution in [-0.2, 0) is 21.4 Å². The van der Waals surface area contributed by atoms with Crippen LogP contribution in [0.4, 0.5) is 10.1 Å². The summed E-state index contributed by atoms with van der Waals surface area (Å²) in [4.78, 5) is 53.3. The Morgan fingerprint density at radius 3 is 2.40 bits per heavy atom. The van der Waals surface area contributed by atoms with Gasteiger partial charge in [-0.25, -0.2) is 14.4 Å². The van der Waals surface area contributed by atoms with E-state index in [9.17, 15) is 18.8 Å². The van der Waals surface area contributed by atoms with E-state index in [0.717, 1.165) is 34.0 Å². The molecule has 1 fully saturated rings. The van der Waals surface area contributed by atoms with Gasteiger partial charge in [0, 0.05) is 74.9 Å². The number of benzene rings is 3. The van der Waals surface area contributed by atoms with Crippen molar-refractivity contribution in [2.75, 3.05) is 45.1 Å². The third-order valence-electron chi connectivity index (χ3n) is 9.81. The summed E-state index contributed by atoms with van der Waals surface area (Å²) in [6.45, 7) is 1.96. The van der Waals surface area contributed by atoms with Crippen LogP contribution in [0.1, 0.15) is 18.4 Å². The number of aromatic nitrogens is 4. The molecule has 1 atom stereocenters. The molecule has 0 spiro atoms. The van der Waals surface area contributed by atoms with Crippen molar-refractivity contribution in [3.8, 4) is 22.6 Å². The van der Waals surface area contributed by atoms with E-state index in [1.54, 1.807) is 48.4 Å². The molecule has 1 N–H and O–H groups in total. The van der Waals surface area contributed by atoms with Crippen molar-refractivity contribution in [2.45, 2.75) is 18.4 Å². The second-order valence-electron chi connectivity index (χ2n) is 12.8. The fraction of sp³-hybridized carbons (Fsp3) is 0.263. The number of amides is 3. The molecule has 4 heterocycles. The first-order valence-electron chi connectivity index (χ1n) is 16.5. The molecule has 50 heavy (non-hydrogen) atoms. The Balaban J connectivity index is 1.01. The summed E-state index contributed by atoms with van der Waals surface area (Å²) >= 11 is 0. The molecule has 0 radical (unpaired) electrons. The van der Waals surface area contributed by atoms with Crippen molar-refractivity contribution in [2.24, 2.45) is 7.05 Å². The fourth-order valence-electron chi connectivity index (χ4n) is 6.88. The van der Waals surface area contributed by atoms with Crippen molar-refractivity contribution in [3.63, 3.8) is 0 Å². The number of carbonyl (C=O) groups is 3. The van der Waals surface area contributed by atoms with Gasteiger partial charge in [-0.3, -0.25) is 24.0 Å². The van der Waals surface area contributed by atoms with E-state index >= 15 is 0 Å². The lowest BCUT2D eigenvalue weighted by molar-refractivity contribution is -0.135. The summed E-state index contributed by atoms with van der Waals surface area (Å²) in [7, 11) is 3.43. The molecule has 1 unspecified atom stereocenters. The summed E-state index contributed by atoms with van der Waals surface area (Å²) in [5.41, 5.74) is 4.91. The number of nitrogens with one attached hydrogen (secondary N) is 1. The van der Waals surface area contributed by atoms with Crippen LogP contribution in [0, 0.1) is 5.82 Å². The Kier molecular flexibility index (Phi) is 8.94. The van der Waals surface area contributed by atoms with Gasteiger partial charge in [-0.1, -0.05) is 30.3 Å². The number of rotatable bonds is 9. The van der Waals surface area contributed by atoms with Gasteiger partial charge in [0.05, 0.1) is 12.1 Å². The number of halogens is 1. The summed E-state index contributed by atoms with van der Waals surface area (Å²) in [6, 6.07) is 21.6. The van der Waals surface area contributed by atoms with E-state index < -0.39 is 5.54 Å². The zero-order valence-corrected chi connectivity index (χ0v) is 27.9. The molecule has 11 nitrogen and oxygen atoms in total. The largest absolute Gasteiger partial charge is 0.338 e. The predicted octanol–water partition coefficient (Wildman–Crippen LogP) is 4.62. The van der Waals surface area contributed by atoms with Crippen LogP contribution in [0.15, 0.2) is 91.3 Å². The monoisotopic (exact) mass is 672 g/mol. The molecule has 254 valence electrons. The van der Waals surface area contributed by atoms with Crippen molar-refractivity contribution < 1.29 is 18.8 Å². The Bertz CT molecular complexity index is 2080. The van der Waals surface area contributed by atoms with Gasteiger partial charge < -0.3 is 15.1 Å². The first-order valence-corrected chi connectivity index (χ1v) is 16.5. The SMILES string of the molecule is CN(C=O)C1(C(=O)Nc2ccc3c(c2)c(-c2ccc(F)cc2)nn3C)CCN(CC(=O)N2CC=C(c3ccc(-c4ncccn4)cc3)CC2)C1. The van der Waals surface area contributed by atoms with E-state index in [4.69, 9.17) is 0 Å². The molecular formula is C38H37FN8O3. The van der Waals surface area contributed by atoms with Gasteiger partial charge in [-0.2, -0.15) is 5.10 Å². The normalized spacial score (nSPS) is 17.8. The molecule has 7 rings (SSSR count). The van der Waals surface area contributed by atoms with Crippen LogP contribution in [0.5, 0.6) is 0 Å². The standard InChI is InChI=1S/C38H37FN8O3/c1-44(25-48)38(37(50)42-31-12-13-33-32(22-31)35(43-45(33)2)28-8-10-30(39)11-9-28)16-21-46(24-38)23-34(49)47-19-14-27(15-20-47)26-4-6-29(7-5-26)36-40-17-3-18-41-36/h3-14,17-18,22,25H,15-16,19-21,23-24H2,1-2H3,(H,42,50). The zero-order chi connectivity index (χ0) is 34.8. The second-order valence-corrected chi connectivity index (χ2v) is 12.8. The first-order chi connectivity index (χ1) is 24.2. The smallest absolute Gasteiger partial charge is 0.251 e. The number of aryl methyl sites for hydroxylation is 1. The van der Waals surface area contributed by atoms with Crippen molar-refractivity contribution in [1.29, 1.82) is 0 Å². The van der Waals surface area contributed by atoms with E-state index in [2.05, 4.69) is 38.6 Å². The Morgan fingerprint density at radius 2 is 1.70 bits per heavy atom. The maximum Gasteiger partial charge on any atom is 0.251 e. The summed E-state index contributed by atoms with van der Waals surface area (Å²) in [5.74, 6) is -0.000868. The minimum atomic E-state index is -1.16. The van der Waals surface area contributed by atoms with Gasteiger partial charge in [0.25, 0.3) is 5.91 Å². The first kappa shape index (κ1) is 32.8. The lowest BCUT2D eigenvalue weighted by atomic mass is 9.95. The minimum Gasteiger partial charge on any atom is -0.338 e. The maximum absolute atomic E-state index is 14.0. The molecular weight excluding hydrogens is 635 g/mol.